The van der Waals surface area contributed by atoms with Crippen LogP contribution in [0.25, 0.3) is 0 Å². The summed E-state index contributed by atoms with van der Waals surface area (Å²) < 4.78 is 0. The largest absolute Gasteiger partial charge is 0.393 e. The predicted octanol–water partition coefficient (Wildman–Crippen LogP) is 2.34. The SMILES string of the molecule is CC(O)C1CCN(C(=O)Cc2ccc3c(c2)CCCC3)C1. The van der Waals surface area contributed by atoms with Crippen molar-refractivity contribution in [2.24, 2.45) is 5.92 Å². The standard InChI is InChI=1S/C18H25NO2/c1-13(20)17-8-9-19(12-17)18(21)11-14-6-7-15-4-2-3-5-16(15)10-14/h6-7,10,13,17,20H,2-5,8-9,11-12H2,1H3. The van der Waals surface area contributed by atoms with Crippen LogP contribution in [0.4, 0.5) is 0 Å². The van der Waals surface area contributed by atoms with Crippen LogP contribution in [0.15, 0.2) is 18.2 Å². The van der Waals surface area contributed by atoms with Crippen molar-refractivity contribution in [2.75, 3.05) is 13.1 Å². The number of aryl methyl sites for hydroxylation is 2. The van der Waals surface area contributed by atoms with Crippen LogP contribution in [-0.4, -0.2) is 35.1 Å². The highest BCUT2D eigenvalue weighted by atomic mass is 16.3. The van der Waals surface area contributed by atoms with Crippen molar-refractivity contribution in [2.45, 2.75) is 51.6 Å². The number of hydrogen-bond acceptors (Lipinski definition) is 2. The van der Waals surface area contributed by atoms with Gasteiger partial charge in [0.1, 0.15) is 0 Å². The minimum Gasteiger partial charge on any atom is -0.393 e. The summed E-state index contributed by atoms with van der Waals surface area (Å²) in [4.78, 5) is 14.3. The monoisotopic (exact) mass is 287 g/mol. The molecule has 2 aliphatic rings. The van der Waals surface area contributed by atoms with Crippen LogP contribution in [0.1, 0.15) is 42.9 Å². The molecule has 1 fully saturated rings. The van der Waals surface area contributed by atoms with Gasteiger partial charge in [-0.2, -0.15) is 0 Å². The molecule has 3 heteroatoms. The zero-order chi connectivity index (χ0) is 14.8. The summed E-state index contributed by atoms with van der Waals surface area (Å²) in [5.41, 5.74) is 4.05. The van der Waals surface area contributed by atoms with Gasteiger partial charge >= 0.3 is 0 Å². The Kier molecular flexibility index (Phi) is 4.29. The van der Waals surface area contributed by atoms with Gasteiger partial charge in [-0.25, -0.2) is 0 Å². The van der Waals surface area contributed by atoms with E-state index in [-0.39, 0.29) is 17.9 Å². The van der Waals surface area contributed by atoms with Crippen molar-refractivity contribution < 1.29 is 9.90 Å². The molecule has 1 heterocycles. The molecule has 3 nitrogen and oxygen atoms in total. The van der Waals surface area contributed by atoms with E-state index < -0.39 is 0 Å². The minimum atomic E-state index is -0.313. The molecule has 2 atom stereocenters. The molecule has 1 aliphatic carbocycles. The fourth-order valence-corrected chi connectivity index (χ4v) is 3.59. The highest BCUT2D eigenvalue weighted by Crippen LogP contribution is 2.24. The number of nitrogens with zero attached hydrogens (tertiary/aromatic N) is 1. The van der Waals surface area contributed by atoms with E-state index in [2.05, 4.69) is 18.2 Å². The van der Waals surface area contributed by atoms with Gasteiger partial charge in [0.2, 0.25) is 5.91 Å². The lowest BCUT2D eigenvalue weighted by atomic mass is 9.90. The second-order valence-corrected chi connectivity index (χ2v) is 6.62. The molecule has 1 amide bonds. The Morgan fingerprint density at radius 2 is 2.10 bits per heavy atom. The van der Waals surface area contributed by atoms with Gasteiger partial charge in [0.25, 0.3) is 0 Å². The second-order valence-electron chi connectivity index (χ2n) is 6.62. The van der Waals surface area contributed by atoms with Crippen molar-refractivity contribution in [1.29, 1.82) is 0 Å². The van der Waals surface area contributed by atoms with E-state index in [1.807, 2.05) is 11.8 Å². The van der Waals surface area contributed by atoms with Crippen LogP contribution in [0, 0.1) is 5.92 Å². The van der Waals surface area contributed by atoms with E-state index in [0.717, 1.165) is 24.9 Å². The van der Waals surface area contributed by atoms with Crippen molar-refractivity contribution >= 4 is 5.91 Å². The summed E-state index contributed by atoms with van der Waals surface area (Å²) in [5.74, 6) is 0.450. The molecule has 0 aromatic heterocycles. The van der Waals surface area contributed by atoms with Gasteiger partial charge in [-0.05, 0) is 55.7 Å². The third-order valence-corrected chi connectivity index (χ3v) is 5.03. The average Bonchev–Trinajstić information content (AvgIpc) is 2.97. The summed E-state index contributed by atoms with van der Waals surface area (Å²) in [5, 5.41) is 9.64. The number of carbonyl (C=O) groups excluding carboxylic acids is 1. The van der Waals surface area contributed by atoms with E-state index in [9.17, 15) is 9.90 Å². The van der Waals surface area contributed by atoms with Crippen LogP contribution in [0.2, 0.25) is 0 Å². The van der Waals surface area contributed by atoms with E-state index in [4.69, 9.17) is 0 Å². The Hall–Kier alpha value is -1.35. The molecular weight excluding hydrogens is 262 g/mol. The highest BCUT2D eigenvalue weighted by Gasteiger charge is 2.28. The maximum atomic E-state index is 12.4. The number of amides is 1. The summed E-state index contributed by atoms with van der Waals surface area (Å²) in [6.07, 6.45) is 6.02. The first-order valence-corrected chi connectivity index (χ1v) is 8.20. The molecule has 3 rings (SSSR count). The van der Waals surface area contributed by atoms with Gasteiger partial charge in [0, 0.05) is 19.0 Å². The van der Waals surface area contributed by atoms with E-state index in [0.29, 0.717) is 13.0 Å². The summed E-state index contributed by atoms with van der Waals surface area (Å²) in [7, 11) is 0. The van der Waals surface area contributed by atoms with Crippen LogP contribution >= 0.6 is 0 Å². The lowest BCUT2D eigenvalue weighted by molar-refractivity contribution is -0.129. The maximum absolute atomic E-state index is 12.4. The van der Waals surface area contributed by atoms with E-state index in [1.54, 1.807) is 0 Å². The van der Waals surface area contributed by atoms with Crippen molar-refractivity contribution in [3.63, 3.8) is 0 Å². The van der Waals surface area contributed by atoms with Gasteiger partial charge in [-0.1, -0.05) is 18.2 Å². The number of aliphatic hydroxyl groups excluding tert-OH is 1. The Bertz CT molecular complexity index is 524. The molecule has 21 heavy (non-hydrogen) atoms. The summed E-state index contributed by atoms with van der Waals surface area (Å²) >= 11 is 0. The molecule has 0 saturated carbocycles. The lowest BCUT2D eigenvalue weighted by Gasteiger charge is -2.19. The number of rotatable bonds is 3. The number of carbonyl (C=O) groups is 1. The van der Waals surface area contributed by atoms with Crippen LogP contribution in [0.3, 0.4) is 0 Å². The molecule has 1 N–H and O–H groups in total. The molecular formula is C18H25NO2. The topological polar surface area (TPSA) is 40.5 Å². The molecule has 2 unspecified atom stereocenters. The Morgan fingerprint density at radius 3 is 2.81 bits per heavy atom. The molecule has 114 valence electrons. The number of hydrogen-bond donors (Lipinski definition) is 1. The van der Waals surface area contributed by atoms with Crippen LogP contribution < -0.4 is 0 Å². The number of likely N-dealkylation sites (tertiary alicyclic amines) is 1. The van der Waals surface area contributed by atoms with Gasteiger partial charge in [0.05, 0.1) is 12.5 Å². The van der Waals surface area contributed by atoms with E-state index >= 15 is 0 Å². The lowest BCUT2D eigenvalue weighted by Crippen LogP contribution is -2.31. The zero-order valence-corrected chi connectivity index (χ0v) is 12.8. The Morgan fingerprint density at radius 1 is 1.33 bits per heavy atom. The average molecular weight is 287 g/mol. The first-order chi connectivity index (χ1) is 10.1. The molecule has 1 aromatic carbocycles. The van der Waals surface area contributed by atoms with E-state index in [1.165, 1.54) is 30.4 Å². The number of benzene rings is 1. The van der Waals surface area contributed by atoms with Gasteiger partial charge in [-0.15, -0.1) is 0 Å². The zero-order valence-electron chi connectivity index (χ0n) is 12.8. The molecule has 0 spiro atoms. The quantitative estimate of drug-likeness (QED) is 0.927. The second kappa shape index (κ2) is 6.18. The first kappa shape index (κ1) is 14.6. The third-order valence-electron chi connectivity index (χ3n) is 5.03. The Balaban J connectivity index is 1.63. The van der Waals surface area contributed by atoms with Crippen molar-refractivity contribution in [1.82, 2.24) is 4.90 Å². The predicted molar refractivity (Wildman–Crippen MR) is 83.2 cm³/mol. The Labute approximate surface area is 127 Å². The third kappa shape index (κ3) is 3.29. The maximum Gasteiger partial charge on any atom is 0.227 e. The highest BCUT2D eigenvalue weighted by molar-refractivity contribution is 5.79. The molecule has 1 aromatic rings. The van der Waals surface area contributed by atoms with Crippen LogP contribution in [-0.2, 0) is 24.1 Å². The van der Waals surface area contributed by atoms with Crippen molar-refractivity contribution in [3.05, 3.63) is 34.9 Å². The normalized spacial score (nSPS) is 23.0. The minimum absolute atomic E-state index is 0.203. The molecule has 1 saturated heterocycles. The summed E-state index contributed by atoms with van der Waals surface area (Å²) in [6, 6.07) is 6.55. The van der Waals surface area contributed by atoms with Crippen molar-refractivity contribution in [3.8, 4) is 0 Å². The fraction of sp³-hybridized carbons (Fsp3) is 0.611. The fourth-order valence-electron chi connectivity index (χ4n) is 3.59. The van der Waals surface area contributed by atoms with Gasteiger partial charge < -0.3 is 10.0 Å². The summed E-state index contributed by atoms with van der Waals surface area (Å²) in [6.45, 7) is 3.32. The first-order valence-electron chi connectivity index (χ1n) is 8.20. The smallest absolute Gasteiger partial charge is 0.227 e. The van der Waals surface area contributed by atoms with Crippen LogP contribution in [0.5, 0.6) is 0 Å². The van der Waals surface area contributed by atoms with Gasteiger partial charge in [0.15, 0.2) is 0 Å². The number of aliphatic hydroxyl groups is 1. The van der Waals surface area contributed by atoms with Gasteiger partial charge in [-0.3, -0.25) is 4.79 Å². The molecule has 0 radical (unpaired) electrons. The number of fused-ring (bicyclic) bond motifs is 1. The molecule has 0 bridgehead atoms. The molecule has 1 aliphatic heterocycles.